The number of nitrogens with zero attached hydrogens (tertiary/aromatic N) is 2. The van der Waals surface area contributed by atoms with E-state index in [-0.39, 0.29) is 18.5 Å². The number of carboxylic acids is 1. The molecule has 2 amide bonds. The van der Waals surface area contributed by atoms with Gasteiger partial charge < -0.3 is 14.9 Å². The van der Waals surface area contributed by atoms with E-state index in [1.165, 1.54) is 4.90 Å². The van der Waals surface area contributed by atoms with Crippen LogP contribution in [-0.4, -0.2) is 46.9 Å². The van der Waals surface area contributed by atoms with Crippen LogP contribution in [-0.2, 0) is 14.4 Å². The van der Waals surface area contributed by atoms with E-state index in [4.69, 9.17) is 5.11 Å². The lowest BCUT2D eigenvalue weighted by atomic mass is 10.0. The molecule has 2 atom stereocenters. The molecule has 2 unspecified atom stereocenters. The molecule has 130 valence electrons. The van der Waals surface area contributed by atoms with Crippen LogP contribution in [0.25, 0.3) is 0 Å². The molecule has 2 rings (SSSR count). The highest BCUT2D eigenvalue weighted by atomic mass is 79.9. The third kappa shape index (κ3) is 3.77. The molecule has 0 aliphatic carbocycles. The summed E-state index contributed by atoms with van der Waals surface area (Å²) in [5, 5.41) is 9.06. The molecule has 1 aliphatic rings. The molecular weight excluding hydrogens is 376 g/mol. The minimum atomic E-state index is -1.07. The largest absolute Gasteiger partial charge is 0.480 e. The van der Waals surface area contributed by atoms with Crippen molar-refractivity contribution in [3.05, 3.63) is 28.7 Å². The first-order chi connectivity index (χ1) is 11.4. The van der Waals surface area contributed by atoms with Crippen LogP contribution in [0.15, 0.2) is 28.7 Å². The van der Waals surface area contributed by atoms with Gasteiger partial charge in [0.2, 0.25) is 11.8 Å². The second-order valence-electron chi connectivity index (χ2n) is 5.90. The molecule has 0 radical (unpaired) electrons. The summed E-state index contributed by atoms with van der Waals surface area (Å²) in [7, 11) is 0. The third-order valence-electron chi connectivity index (χ3n) is 4.36. The average molecular weight is 397 g/mol. The molecule has 1 fully saturated rings. The lowest BCUT2D eigenvalue weighted by Crippen LogP contribution is -2.46. The number of anilines is 1. The van der Waals surface area contributed by atoms with Gasteiger partial charge in [-0.1, -0.05) is 19.1 Å². The predicted molar refractivity (Wildman–Crippen MR) is 93.7 cm³/mol. The van der Waals surface area contributed by atoms with Gasteiger partial charge in [-0.3, -0.25) is 14.4 Å². The van der Waals surface area contributed by atoms with Gasteiger partial charge in [-0.2, -0.15) is 0 Å². The summed E-state index contributed by atoms with van der Waals surface area (Å²) in [5.41, 5.74) is 0.728. The summed E-state index contributed by atoms with van der Waals surface area (Å²) < 4.78 is 0.788. The first-order valence-corrected chi connectivity index (χ1v) is 8.74. The van der Waals surface area contributed by atoms with Crippen molar-refractivity contribution in [3.8, 4) is 0 Å². The molecule has 0 saturated carbocycles. The zero-order valence-electron chi connectivity index (χ0n) is 13.7. The minimum absolute atomic E-state index is 0.223. The Balaban J connectivity index is 2.20. The lowest BCUT2D eigenvalue weighted by Gasteiger charge is -2.29. The summed E-state index contributed by atoms with van der Waals surface area (Å²) in [6, 6.07) is 7.12. The number of aliphatic carboxylic acids is 1. The number of amides is 2. The van der Waals surface area contributed by atoms with Crippen molar-refractivity contribution in [2.24, 2.45) is 5.92 Å². The summed E-state index contributed by atoms with van der Waals surface area (Å²) in [6.07, 6.45) is 1.03. The first-order valence-electron chi connectivity index (χ1n) is 7.95. The third-order valence-corrected chi connectivity index (χ3v) is 5.03. The van der Waals surface area contributed by atoms with Crippen LogP contribution in [0.4, 0.5) is 5.69 Å². The van der Waals surface area contributed by atoms with Gasteiger partial charge >= 0.3 is 5.97 Å². The van der Waals surface area contributed by atoms with E-state index in [9.17, 15) is 14.4 Å². The van der Waals surface area contributed by atoms with Crippen LogP contribution in [0.1, 0.15) is 26.7 Å². The average Bonchev–Trinajstić information content (AvgIpc) is 2.93. The second kappa shape index (κ2) is 7.79. The van der Waals surface area contributed by atoms with Crippen molar-refractivity contribution in [1.29, 1.82) is 0 Å². The highest BCUT2D eigenvalue weighted by molar-refractivity contribution is 9.10. The number of rotatable bonds is 6. The Morgan fingerprint density at radius 3 is 2.67 bits per heavy atom. The summed E-state index contributed by atoms with van der Waals surface area (Å²) in [5.74, 6) is -2.56. The van der Waals surface area contributed by atoms with Gasteiger partial charge in [0, 0.05) is 17.1 Å². The first kappa shape index (κ1) is 18.4. The zero-order valence-corrected chi connectivity index (χ0v) is 15.3. The summed E-state index contributed by atoms with van der Waals surface area (Å²) >= 11 is 3.42. The van der Waals surface area contributed by atoms with Crippen molar-refractivity contribution in [2.75, 3.05) is 18.0 Å². The van der Waals surface area contributed by atoms with Crippen LogP contribution in [0.5, 0.6) is 0 Å². The van der Waals surface area contributed by atoms with Gasteiger partial charge in [-0.05, 0) is 47.8 Å². The SMILES string of the molecule is CCC(C)N(CC(=O)O)C(=O)C1CCN(c2ccccc2Br)C1=O. The Bertz CT molecular complexity index is 649. The number of para-hydroxylation sites is 1. The normalized spacial score (nSPS) is 18.5. The monoisotopic (exact) mass is 396 g/mol. The van der Waals surface area contributed by atoms with Crippen molar-refractivity contribution < 1.29 is 19.5 Å². The van der Waals surface area contributed by atoms with E-state index in [1.807, 2.05) is 31.2 Å². The summed E-state index contributed by atoms with van der Waals surface area (Å²) in [6.45, 7) is 3.74. The van der Waals surface area contributed by atoms with Crippen LogP contribution in [0.2, 0.25) is 0 Å². The molecule has 24 heavy (non-hydrogen) atoms. The molecular formula is C17H21BrN2O4. The van der Waals surface area contributed by atoms with Crippen LogP contribution < -0.4 is 4.90 Å². The lowest BCUT2D eigenvalue weighted by molar-refractivity contribution is -0.149. The standard InChI is InChI=1S/C17H21BrN2O4/c1-3-11(2)20(10-15(21)22)17(24)12-8-9-19(16(12)23)14-7-5-4-6-13(14)18/h4-7,11-12H,3,8-10H2,1-2H3,(H,21,22). The Morgan fingerprint density at radius 1 is 1.42 bits per heavy atom. The second-order valence-corrected chi connectivity index (χ2v) is 6.75. The van der Waals surface area contributed by atoms with Crippen molar-refractivity contribution >= 4 is 39.4 Å². The number of carboxylic acid groups (broad SMARTS) is 1. The van der Waals surface area contributed by atoms with Crippen molar-refractivity contribution in [3.63, 3.8) is 0 Å². The molecule has 0 aromatic heterocycles. The van der Waals surface area contributed by atoms with E-state index in [0.717, 1.165) is 10.2 Å². The molecule has 6 nitrogen and oxygen atoms in total. The van der Waals surface area contributed by atoms with Crippen LogP contribution >= 0.6 is 15.9 Å². The van der Waals surface area contributed by atoms with E-state index in [0.29, 0.717) is 19.4 Å². The molecule has 1 heterocycles. The van der Waals surface area contributed by atoms with Gasteiger partial charge in [0.15, 0.2) is 0 Å². The number of benzene rings is 1. The van der Waals surface area contributed by atoms with E-state index >= 15 is 0 Å². The van der Waals surface area contributed by atoms with Gasteiger partial charge in [0.1, 0.15) is 12.5 Å². The topological polar surface area (TPSA) is 77.9 Å². The fraction of sp³-hybridized carbons (Fsp3) is 0.471. The van der Waals surface area contributed by atoms with Crippen molar-refractivity contribution in [1.82, 2.24) is 4.90 Å². The summed E-state index contributed by atoms with van der Waals surface area (Å²) in [4.78, 5) is 39.4. The molecule has 1 aromatic rings. The maximum atomic E-state index is 12.8. The Kier molecular flexibility index (Phi) is 5.99. The van der Waals surface area contributed by atoms with E-state index < -0.39 is 17.8 Å². The van der Waals surface area contributed by atoms with Gasteiger partial charge in [-0.25, -0.2) is 0 Å². The smallest absolute Gasteiger partial charge is 0.323 e. The highest BCUT2D eigenvalue weighted by Gasteiger charge is 2.41. The van der Waals surface area contributed by atoms with E-state index in [1.54, 1.807) is 11.8 Å². The Hall–Kier alpha value is -1.89. The number of hydrogen-bond acceptors (Lipinski definition) is 3. The fourth-order valence-corrected chi connectivity index (χ4v) is 3.33. The predicted octanol–water partition coefficient (Wildman–Crippen LogP) is 2.51. The maximum Gasteiger partial charge on any atom is 0.323 e. The van der Waals surface area contributed by atoms with Gasteiger partial charge in [0.05, 0.1) is 5.69 Å². The molecule has 0 bridgehead atoms. The number of carbonyl (C=O) groups is 3. The number of halogens is 1. The molecule has 1 aliphatic heterocycles. The fourth-order valence-electron chi connectivity index (χ4n) is 2.84. The van der Waals surface area contributed by atoms with E-state index in [2.05, 4.69) is 15.9 Å². The Labute approximate surface area is 149 Å². The maximum absolute atomic E-state index is 12.8. The Morgan fingerprint density at radius 2 is 2.08 bits per heavy atom. The molecule has 1 N–H and O–H groups in total. The van der Waals surface area contributed by atoms with Gasteiger partial charge in [-0.15, -0.1) is 0 Å². The molecule has 1 aromatic carbocycles. The van der Waals surface area contributed by atoms with Crippen LogP contribution in [0, 0.1) is 5.92 Å². The number of carbonyl (C=O) groups excluding carboxylic acids is 2. The van der Waals surface area contributed by atoms with Crippen molar-refractivity contribution in [2.45, 2.75) is 32.7 Å². The quantitative estimate of drug-likeness (QED) is 0.749. The van der Waals surface area contributed by atoms with Crippen LogP contribution in [0.3, 0.4) is 0 Å². The molecule has 0 spiro atoms. The minimum Gasteiger partial charge on any atom is -0.480 e. The highest BCUT2D eigenvalue weighted by Crippen LogP contribution is 2.32. The molecule has 1 saturated heterocycles. The number of hydrogen-bond donors (Lipinski definition) is 1. The van der Waals surface area contributed by atoms with Gasteiger partial charge in [0.25, 0.3) is 0 Å². The molecule has 7 heteroatoms. The zero-order chi connectivity index (χ0) is 17.9.